The van der Waals surface area contributed by atoms with Gasteiger partial charge in [0.25, 0.3) is 0 Å². The monoisotopic (exact) mass is 346 g/mol. The molecule has 1 N–H and O–H groups in total. The quantitative estimate of drug-likeness (QED) is 0.834. The van der Waals surface area contributed by atoms with Crippen LogP contribution in [0, 0.1) is 5.82 Å². The summed E-state index contributed by atoms with van der Waals surface area (Å²) in [4.78, 5) is 6.34. The fourth-order valence-electron chi connectivity index (χ4n) is 3.33. The number of nitrogens with one attached hydrogen (secondary N) is 1. The number of nitrogens with zero attached hydrogens (tertiary/aromatic N) is 3. The van der Waals surface area contributed by atoms with Crippen molar-refractivity contribution < 1.29 is 13.9 Å². The van der Waals surface area contributed by atoms with Crippen molar-refractivity contribution in [2.75, 3.05) is 20.2 Å². The number of likely N-dealkylation sites (N-methyl/N-ethyl adjacent to an activating group) is 1. The number of H-pyrrole nitrogens is 1. The summed E-state index contributed by atoms with van der Waals surface area (Å²) in [6.07, 6.45) is 4.71. The summed E-state index contributed by atoms with van der Waals surface area (Å²) < 4.78 is 26.1. The highest BCUT2D eigenvalue weighted by Gasteiger charge is 2.32. The highest BCUT2D eigenvalue weighted by atomic mass is 19.1. The van der Waals surface area contributed by atoms with Gasteiger partial charge in [0.05, 0.1) is 12.2 Å². The molecule has 4 rings (SSSR count). The van der Waals surface area contributed by atoms with E-state index < -0.39 is 0 Å². The smallest absolute Gasteiger partial charge is 0.169 e. The molecule has 1 aromatic carbocycles. The zero-order valence-electron chi connectivity index (χ0n) is 14.3. The molecule has 2 heterocycles. The van der Waals surface area contributed by atoms with Crippen molar-refractivity contribution in [1.82, 2.24) is 20.1 Å². The third-order valence-corrected chi connectivity index (χ3v) is 4.79. The number of hydrogen-bond acceptors (Lipinski definition) is 5. The molecule has 1 aromatic heterocycles. The standard InChI is InChI=1S/C18H23FN4O2/c1-23(10-16-14(7-8-24-16)18-20-11-21-22-18)9-12-3-2-4-15(17(12)19)25-13-5-6-13/h2-4,11,13-14,16H,5-10H2,1H3,(H,20,21,22)/t14-,16-/m1/s1. The maximum absolute atomic E-state index is 14.6. The fraction of sp³-hybridized carbons (Fsp3) is 0.556. The second-order valence-electron chi connectivity index (χ2n) is 6.92. The lowest BCUT2D eigenvalue weighted by Gasteiger charge is -2.24. The Morgan fingerprint density at radius 3 is 3.00 bits per heavy atom. The van der Waals surface area contributed by atoms with E-state index in [0.717, 1.165) is 25.1 Å². The Bertz CT molecular complexity index is 705. The highest BCUT2D eigenvalue weighted by Crippen LogP contribution is 2.31. The van der Waals surface area contributed by atoms with E-state index in [0.29, 0.717) is 31.0 Å². The van der Waals surface area contributed by atoms with E-state index in [1.165, 1.54) is 6.33 Å². The molecule has 2 fully saturated rings. The van der Waals surface area contributed by atoms with Crippen LogP contribution in [0.1, 0.15) is 36.6 Å². The summed E-state index contributed by atoms with van der Waals surface area (Å²) >= 11 is 0. The van der Waals surface area contributed by atoms with Crippen molar-refractivity contribution in [3.05, 3.63) is 41.7 Å². The van der Waals surface area contributed by atoms with E-state index in [1.807, 2.05) is 19.2 Å². The molecule has 1 saturated heterocycles. The van der Waals surface area contributed by atoms with Crippen LogP contribution < -0.4 is 4.74 Å². The minimum absolute atomic E-state index is 0.0342. The average Bonchev–Trinajstić information content (AvgIpc) is 3.07. The van der Waals surface area contributed by atoms with Crippen LogP contribution in [-0.4, -0.2) is 52.5 Å². The van der Waals surface area contributed by atoms with E-state index in [4.69, 9.17) is 9.47 Å². The Morgan fingerprint density at radius 1 is 1.36 bits per heavy atom. The molecule has 0 bridgehead atoms. The fourth-order valence-corrected chi connectivity index (χ4v) is 3.33. The van der Waals surface area contributed by atoms with Gasteiger partial charge < -0.3 is 9.47 Å². The molecule has 1 aliphatic heterocycles. The molecule has 1 saturated carbocycles. The van der Waals surface area contributed by atoms with Crippen LogP contribution >= 0.6 is 0 Å². The largest absolute Gasteiger partial charge is 0.487 e. The molecule has 25 heavy (non-hydrogen) atoms. The first-order chi connectivity index (χ1) is 12.2. The normalized spacial score (nSPS) is 23.3. The van der Waals surface area contributed by atoms with Gasteiger partial charge in [0.1, 0.15) is 12.2 Å². The zero-order valence-corrected chi connectivity index (χ0v) is 14.3. The molecular weight excluding hydrogens is 323 g/mol. The van der Waals surface area contributed by atoms with Crippen molar-refractivity contribution in [3.8, 4) is 5.75 Å². The van der Waals surface area contributed by atoms with Gasteiger partial charge in [-0.3, -0.25) is 10.00 Å². The topological polar surface area (TPSA) is 63.3 Å². The summed E-state index contributed by atoms with van der Waals surface area (Å²) in [5.41, 5.74) is 0.648. The number of ether oxygens (including phenoxy) is 2. The lowest BCUT2D eigenvalue weighted by atomic mass is 10.0. The van der Waals surface area contributed by atoms with Gasteiger partial charge in [-0.1, -0.05) is 12.1 Å². The molecule has 0 spiro atoms. The number of hydrogen-bond donors (Lipinski definition) is 1. The molecule has 0 unspecified atom stereocenters. The van der Waals surface area contributed by atoms with Crippen LogP contribution in [0.4, 0.5) is 4.39 Å². The molecule has 1 aliphatic carbocycles. The van der Waals surface area contributed by atoms with Gasteiger partial charge in [0, 0.05) is 31.2 Å². The summed E-state index contributed by atoms with van der Waals surface area (Å²) in [5, 5.41) is 6.87. The van der Waals surface area contributed by atoms with Gasteiger partial charge in [0.15, 0.2) is 11.6 Å². The lowest BCUT2D eigenvalue weighted by molar-refractivity contribution is 0.0707. The molecule has 2 atom stereocenters. The van der Waals surface area contributed by atoms with Crippen molar-refractivity contribution in [2.45, 2.75) is 43.9 Å². The SMILES string of the molecule is CN(Cc1cccc(OC2CC2)c1F)C[C@H]1OCC[C@H]1c1ncn[nH]1. The molecular formula is C18H23FN4O2. The van der Waals surface area contributed by atoms with E-state index in [-0.39, 0.29) is 23.9 Å². The van der Waals surface area contributed by atoms with Gasteiger partial charge >= 0.3 is 0 Å². The van der Waals surface area contributed by atoms with Crippen LogP contribution in [0.15, 0.2) is 24.5 Å². The summed E-state index contributed by atoms with van der Waals surface area (Å²) in [5.74, 6) is 1.19. The van der Waals surface area contributed by atoms with Crippen molar-refractivity contribution in [2.24, 2.45) is 0 Å². The average molecular weight is 346 g/mol. The molecule has 2 aromatic rings. The molecule has 6 nitrogen and oxygen atoms in total. The van der Waals surface area contributed by atoms with E-state index in [1.54, 1.807) is 6.07 Å². The van der Waals surface area contributed by atoms with E-state index in [9.17, 15) is 4.39 Å². The highest BCUT2D eigenvalue weighted by molar-refractivity contribution is 5.31. The lowest BCUT2D eigenvalue weighted by Crippen LogP contribution is -2.32. The minimum Gasteiger partial charge on any atom is -0.487 e. The van der Waals surface area contributed by atoms with Gasteiger partial charge in [-0.2, -0.15) is 5.10 Å². The van der Waals surface area contributed by atoms with Crippen molar-refractivity contribution >= 4 is 0 Å². The predicted molar refractivity (Wildman–Crippen MR) is 89.9 cm³/mol. The molecule has 0 radical (unpaired) electrons. The first kappa shape index (κ1) is 16.5. The van der Waals surface area contributed by atoms with Crippen molar-refractivity contribution in [3.63, 3.8) is 0 Å². The van der Waals surface area contributed by atoms with Crippen LogP contribution in [0.3, 0.4) is 0 Å². The van der Waals surface area contributed by atoms with Gasteiger partial charge in [0.2, 0.25) is 0 Å². The van der Waals surface area contributed by atoms with Gasteiger partial charge in [-0.25, -0.2) is 9.37 Å². The summed E-state index contributed by atoms with van der Waals surface area (Å²) in [6, 6.07) is 5.37. The molecule has 2 aliphatic rings. The molecule has 0 amide bonds. The number of aromatic amines is 1. The second-order valence-corrected chi connectivity index (χ2v) is 6.92. The Labute approximate surface area is 146 Å². The molecule has 134 valence electrons. The van der Waals surface area contributed by atoms with Gasteiger partial charge in [-0.15, -0.1) is 0 Å². The maximum Gasteiger partial charge on any atom is 0.169 e. The predicted octanol–water partition coefficient (Wildman–Crippen LogP) is 2.49. The van der Waals surface area contributed by atoms with Gasteiger partial charge in [-0.05, 0) is 32.4 Å². The van der Waals surface area contributed by atoms with E-state index >= 15 is 0 Å². The summed E-state index contributed by atoms with van der Waals surface area (Å²) in [6.45, 7) is 1.93. The second kappa shape index (κ2) is 7.09. The number of rotatable bonds is 7. The van der Waals surface area contributed by atoms with E-state index in [2.05, 4.69) is 20.1 Å². The Kier molecular flexibility index (Phi) is 4.67. The number of benzene rings is 1. The Morgan fingerprint density at radius 2 is 2.24 bits per heavy atom. The van der Waals surface area contributed by atoms with Crippen LogP contribution in [0.25, 0.3) is 0 Å². The Balaban J connectivity index is 1.39. The van der Waals surface area contributed by atoms with Crippen LogP contribution in [0.5, 0.6) is 5.75 Å². The maximum atomic E-state index is 14.6. The zero-order chi connectivity index (χ0) is 17.2. The van der Waals surface area contributed by atoms with Crippen LogP contribution in [0.2, 0.25) is 0 Å². The third-order valence-electron chi connectivity index (χ3n) is 4.79. The van der Waals surface area contributed by atoms with Crippen LogP contribution in [-0.2, 0) is 11.3 Å². The Hall–Kier alpha value is -1.99. The van der Waals surface area contributed by atoms with Crippen molar-refractivity contribution in [1.29, 1.82) is 0 Å². The number of aromatic nitrogens is 3. The number of halogens is 1. The third kappa shape index (κ3) is 3.82. The molecule has 7 heteroatoms. The summed E-state index contributed by atoms with van der Waals surface area (Å²) in [7, 11) is 1.98. The first-order valence-electron chi connectivity index (χ1n) is 8.80. The minimum atomic E-state index is -0.250. The first-order valence-corrected chi connectivity index (χ1v) is 8.80.